The molecule has 3 nitrogen and oxygen atoms in total. The van der Waals surface area contributed by atoms with Gasteiger partial charge in [-0.1, -0.05) is 12.8 Å². The molecule has 2 fully saturated rings. The molecule has 0 radical (unpaired) electrons. The number of benzene rings is 1. The molecule has 1 aliphatic heterocycles. The van der Waals surface area contributed by atoms with E-state index in [1.807, 2.05) is 4.90 Å². The average molecular weight is 342 g/mol. The molecule has 20 heavy (non-hydrogen) atoms. The van der Waals surface area contributed by atoms with E-state index in [0.717, 1.165) is 19.3 Å². The third-order valence-electron chi connectivity index (χ3n) is 4.16. The van der Waals surface area contributed by atoms with Gasteiger partial charge in [0, 0.05) is 12.1 Å². The van der Waals surface area contributed by atoms with Gasteiger partial charge in [-0.15, -0.1) is 0 Å². The summed E-state index contributed by atoms with van der Waals surface area (Å²) in [4.78, 5) is 14.6. The summed E-state index contributed by atoms with van der Waals surface area (Å²) in [7, 11) is 0. The van der Waals surface area contributed by atoms with E-state index in [9.17, 15) is 9.18 Å². The molecular formula is C15H17BrFNO2. The lowest BCUT2D eigenvalue weighted by Crippen LogP contribution is -2.54. The highest BCUT2D eigenvalue weighted by Gasteiger charge is 2.36. The van der Waals surface area contributed by atoms with Gasteiger partial charge in [-0.05, 0) is 47.0 Å². The van der Waals surface area contributed by atoms with Crippen LogP contribution in [-0.2, 0) is 4.74 Å². The number of morpholine rings is 1. The van der Waals surface area contributed by atoms with Crippen molar-refractivity contribution in [2.24, 2.45) is 0 Å². The third kappa shape index (κ3) is 2.61. The first-order valence-corrected chi connectivity index (χ1v) is 7.84. The molecule has 0 N–H and O–H groups in total. The summed E-state index contributed by atoms with van der Waals surface area (Å²) in [5.74, 6) is -0.370. The summed E-state index contributed by atoms with van der Waals surface area (Å²) in [6.45, 7) is 1.21. The van der Waals surface area contributed by atoms with Crippen molar-refractivity contribution >= 4 is 21.8 Å². The van der Waals surface area contributed by atoms with E-state index < -0.39 is 0 Å². The lowest BCUT2D eigenvalue weighted by molar-refractivity contribution is -0.0752. The van der Waals surface area contributed by atoms with Crippen LogP contribution in [-0.4, -0.2) is 36.1 Å². The minimum atomic E-state index is -0.348. The number of hydrogen-bond acceptors (Lipinski definition) is 2. The van der Waals surface area contributed by atoms with Gasteiger partial charge in [0.25, 0.3) is 5.91 Å². The second-order valence-electron chi connectivity index (χ2n) is 5.39. The van der Waals surface area contributed by atoms with Crippen molar-refractivity contribution in [1.82, 2.24) is 4.90 Å². The monoisotopic (exact) mass is 341 g/mol. The fourth-order valence-corrected chi connectivity index (χ4v) is 3.52. The number of carbonyl (C=O) groups excluding carboxylic acids is 1. The van der Waals surface area contributed by atoms with Gasteiger partial charge in [0.05, 0.1) is 23.2 Å². The van der Waals surface area contributed by atoms with Crippen molar-refractivity contribution in [3.8, 4) is 0 Å². The molecule has 1 saturated carbocycles. The summed E-state index contributed by atoms with van der Waals surface area (Å²) < 4.78 is 19.4. The molecule has 1 saturated heterocycles. The summed E-state index contributed by atoms with van der Waals surface area (Å²) >= 11 is 3.14. The highest BCUT2D eigenvalue weighted by atomic mass is 79.9. The maximum absolute atomic E-state index is 13.3. The number of ether oxygens (including phenoxy) is 1. The number of fused-ring (bicyclic) bond motifs is 1. The number of rotatable bonds is 1. The van der Waals surface area contributed by atoms with Gasteiger partial charge < -0.3 is 9.64 Å². The Balaban J connectivity index is 1.83. The minimum absolute atomic E-state index is 0.0223. The smallest absolute Gasteiger partial charge is 0.254 e. The molecule has 0 aromatic heterocycles. The fourth-order valence-electron chi connectivity index (χ4n) is 3.14. The van der Waals surface area contributed by atoms with Crippen molar-refractivity contribution in [2.45, 2.75) is 37.8 Å². The van der Waals surface area contributed by atoms with E-state index in [-0.39, 0.29) is 23.9 Å². The van der Waals surface area contributed by atoms with Crippen molar-refractivity contribution in [2.75, 3.05) is 13.2 Å². The Morgan fingerprint density at radius 3 is 2.95 bits per heavy atom. The van der Waals surface area contributed by atoms with Crippen LogP contribution in [0.4, 0.5) is 4.39 Å². The van der Waals surface area contributed by atoms with Gasteiger partial charge in [0.15, 0.2) is 0 Å². The molecule has 0 spiro atoms. The molecule has 5 heteroatoms. The quantitative estimate of drug-likeness (QED) is 0.783. The summed E-state index contributed by atoms with van der Waals surface area (Å²) in [6, 6.07) is 4.62. The zero-order valence-electron chi connectivity index (χ0n) is 11.1. The third-order valence-corrected chi connectivity index (χ3v) is 4.77. The van der Waals surface area contributed by atoms with Gasteiger partial charge in [-0.2, -0.15) is 0 Å². The molecule has 2 unspecified atom stereocenters. The van der Waals surface area contributed by atoms with Gasteiger partial charge in [-0.3, -0.25) is 4.79 Å². The van der Waals surface area contributed by atoms with Crippen LogP contribution in [0.5, 0.6) is 0 Å². The van der Waals surface area contributed by atoms with E-state index in [2.05, 4.69) is 15.9 Å². The Bertz CT molecular complexity index is 521. The van der Waals surface area contributed by atoms with Crippen molar-refractivity contribution < 1.29 is 13.9 Å². The lowest BCUT2D eigenvalue weighted by Gasteiger charge is -2.43. The molecule has 2 atom stereocenters. The van der Waals surface area contributed by atoms with Crippen LogP contribution in [0.1, 0.15) is 36.0 Å². The molecule has 1 aromatic rings. The largest absolute Gasteiger partial charge is 0.374 e. The van der Waals surface area contributed by atoms with Gasteiger partial charge in [0.1, 0.15) is 5.82 Å². The Hall–Kier alpha value is -0.940. The maximum Gasteiger partial charge on any atom is 0.254 e. The van der Waals surface area contributed by atoms with Crippen LogP contribution in [0.3, 0.4) is 0 Å². The summed E-state index contributed by atoms with van der Waals surface area (Å²) in [5.41, 5.74) is 0.532. The van der Waals surface area contributed by atoms with E-state index in [1.165, 1.54) is 12.5 Å². The maximum atomic E-state index is 13.3. The first-order chi connectivity index (χ1) is 9.66. The molecule has 2 aliphatic rings. The normalized spacial score (nSPS) is 26.2. The molecule has 108 valence electrons. The van der Waals surface area contributed by atoms with E-state index >= 15 is 0 Å². The molecule has 1 heterocycles. The molecule has 1 aliphatic carbocycles. The minimum Gasteiger partial charge on any atom is -0.374 e. The average Bonchev–Trinajstić information content (AvgIpc) is 2.49. The fraction of sp³-hybridized carbons (Fsp3) is 0.533. The predicted molar refractivity (Wildman–Crippen MR) is 77.1 cm³/mol. The number of amides is 1. The van der Waals surface area contributed by atoms with Crippen LogP contribution in [0, 0.1) is 5.82 Å². The van der Waals surface area contributed by atoms with E-state index in [4.69, 9.17) is 4.74 Å². The Morgan fingerprint density at radius 2 is 2.15 bits per heavy atom. The molecular weight excluding hydrogens is 325 g/mol. The Kier molecular flexibility index (Phi) is 4.08. The number of halogens is 2. The van der Waals surface area contributed by atoms with E-state index in [1.54, 1.807) is 12.1 Å². The zero-order chi connectivity index (χ0) is 14.1. The first-order valence-electron chi connectivity index (χ1n) is 7.04. The lowest BCUT2D eigenvalue weighted by atomic mass is 9.89. The summed E-state index contributed by atoms with van der Waals surface area (Å²) in [5, 5.41) is 0. The second kappa shape index (κ2) is 5.82. The molecule has 1 aromatic carbocycles. The zero-order valence-corrected chi connectivity index (χ0v) is 12.7. The number of hydrogen-bond donors (Lipinski definition) is 0. The van der Waals surface area contributed by atoms with Gasteiger partial charge in [-0.25, -0.2) is 4.39 Å². The Morgan fingerprint density at radius 1 is 1.35 bits per heavy atom. The number of carbonyl (C=O) groups is 1. The van der Waals surface area contributed by atoms with Crippen LogP contribution in [0.15, 0.2) is 22.7 Å². The molecule has 0 bridgehead atoms. The van der Waals surface area contributed by atoms with Crippen LogP contribution in [0.2, 0.25) is 0 Å². The van der Waals surface area contributed by atoms with Gasteiger partial charge in [0.2, 0.25) is 0 Å². The van der Waals surface area contributed by atoms with Crippen LogP contribution >= 0.6 is 15.9 Å². The molecule has 3 rings (SSSR count). The highest BCUT2D eigenvalue weighted by molar-refractivity contribution is 9.10. The topological polar surface area (TPSA) is 29.5 Å². The van der Waals surface area contributed by atoms with Crippen LogP contribution in [0.25, 0.3) is 0 Å². The van der Waals surface area contributed by atoms with Crippen molar-refractivity contribution in [3.05, 3.63) is 34.1 Å². The molecule has 1 amide bonds. The Labute approximate surface area is 126 Å². The predicted octanol–water partition coefficient (Wildman–Crippen LogP) is 3.37. The SMILES string of the molecule is O=C(c1ccc(F)c(Br)c1)N1CCOC2CCCCC21. The first kappa shape index (κ1) is 14.0. The standard InChI is InChI=1S/C15H17BrFNO2/c16-11-9-10(5-6-12(11)17)15(19)18-7-8-20-14-4-2-1-3-13(14)18/h5-6,9,13-14H,1-4,7-8H2. The highest BCUT2D eigenvalue weighted by Crippen LogP contribution is 2.30. The van der Waals surface area contributed by atoms with Crippen LogP contribution < -0.4 is 0 Å². The summed E-state index contributed by atoms with van der Waals surface area (Å²) in [6.07, 6.45) is 4.51. The van der Waals surface area contributed by atoms with Gasteiger partial charge >= 0.3 is 0 Å². The van der Waals surface area contributed by atoms with Crippen molar-refractivity contribution in [1.29, 1.82) is 0 Å². The van der Waals surface area contributed by atoms with E-state index in [0.29, 0.717) is 23.2 Å². The number of nitrogens with zero attached hydrogens (tertiary/aromatic N) is 1. The second-order valence-corrected chi connectivity index (χ2v) is 6.24. The van der Waals surface area contributed by atoms with Crippen molar-refractivity contribution in [3.63, 3.8) is 0 Å².